The third kappa shape index (κ3) is 3.04. The first kappa shape index (κ1) is 13.8. The van der Waals surface area contributed by atoms with Gasteiger partial charge in [0.1, 0.15) is 5.82 Å². The fourth-order valence-electron chi connectivity index (χ4n) is 1.32. The molecule has 1 heterocycles. The lowest BCUT2D eigenvalue weighted by atomic mass is 10.1. The summed E-state index contributed by atoms with van der Waals surface area (Å²) in [6.45, 7) is 0. The highest BCUT2D eigenvalue weighted by Crippen LogP contribution is 2.41. The van der Waals surface area contributed by atoms with Crippen molar-refractivity contribution in [2.24, 2.45) is 0 Å². The van der Waals surface area contributed by atoms with Crippen molar-refractivity contribution in [3.8, 4) is 0 Å². The highest BCUT2D eigenvalue weighted by Gasteiger charge is 2.16. The summed E-state index contributed by atoms with van der Waals surface area (Å²) >= 11 is 20.0. The van der Waals surface area contributed by atoms with Gasteiger partial charge in [0.2, 0.25) is 0 Å². The summed E-state index contributed by atoms with van der Waals surface area (Å²) in [5, 5.41) is 0.780. The van der Waals surface area contributed by atoms with Gasteiger partial charge in [-0.25, -0.2) is 4.39 Å². The minimum atomic E-state index is -0.421. The minimum absolute atomic E-state index is 0.0944. The van der Waals surface area contributed by atoms with Gasteiger partial charge in [-0.05, 0) is 39.7 Å². The molecule has 0 aliphatic heterocycles. The first-order valence-electron chi connectivity index (χ1n) is 4.53. The maximum absolute atomic E-state index is 13.4. The number of hydrogen-bond donors (Lipinski definition) is 0. The first-order chi connectivity index (χ1) is 7.99. The number of halogens is 5. The molecule has 6 heteroatoms. The van der Waals surface area contributed by atoms with Crippen LogP contribution in [0, 0.1) is 5.82 Å². The lowest BCUT2D eigenvalue weighted by Gasteiger charge is -2.08. The molecular weight excluding hydrogens is 414 g/mol. The Bertz CT molecular complexity index is 537. The Morgan fingerprint density at radius 2 is 1.88 bits per heavy atom. The van der Waals surface area contributed by atoms with Crippen LogP contribution in [-0.2, 0) is 0 Å². The van der Waals surface area contributed by atoms with E-state index in [4.69, 9.17) is 23.2 Å². The Morgan fingerprint density at radius 1 is 1.18 bits per heavy atom. The van der Waals surface area contributed by atoms with E-state index >= 15 is 0 Å². The Kier molecular flexibility index (Phi) is 4.53. The average molecular weight is 419 g/mol. The van der Waals surface area contributed by atoms with Gasteiger partial charge in [0.15, 0.2) is 0 Å². The molecule has 0 radical (unpaired) electrons. The SMILES string of the molecule is Fc1cc(C(Br)c2cc(Cl)c(Br)s2)ccc1Cl. The third-order valence-corrected chi connectivity index (χ3v) is 6.32. The topological polar surface area (TPSA) is 0 Å². The minimum Gasteiger partial charge on any atom is -0.205 e. The molecular formula is C11H5Br2Cl2FS. The molecule has 2 rings (SSSR count). The van der Waals surface area contributed by atoms with Gasteiger partial charge in [-0.3, -0.25) is 0 Å². The largest absolute Gasteiger partial charge is 0.205 e. The van der Waals surface area contributed by atoms with Gasteiger partial charge in [-0.1, -0.05) is 45.2 Å². The van der Waals surface area contributed by atoms with E-state index in [1.807, 2.05) is 6.07 Å². The zero-order chi connectivity index (χ0) is 12.6. The van der Waals surface area contributed by atoms with E-state index in [2.05, 4.69) is 31.9 Å². The fourth-order valence-corrected chi connectivity index (χ4v) is 3.89. The number of thiophene rings is 1. The summed E-state index contributed by atoms with van der Waals surface area (Å²) in [7, 11) is 0. The highest BCUT2D eigenvalue weighted by atomic mass is 79.9. The predicted molar refractivity (Wildman–Crippen MR) is 79.2 cm³/mol. The maximum atomic E-state index is 13.4. The molecule has 17 heavy (non-hydrogen) atoms. The second kappa shape index (κ2) is 5.57. The summed E-state index contributed by atoms with van der Waals surface area (Å²) in [6.07, 6.45) is 0. The summed E-state index contributed by atoms with van der Waals surface area (Å²) in [6, 6.07) is 6.60. The lowest BCUT2D eigenvalue weighted by molar-refractivity contribution is 0.626. The summed E-state index contributed by atoms with van der Waals surface area (Å²) in [5.41, 5.74) is 0.803. The molecule has 0 aliphatic rings. The molecule has 1 atom stereocenters. The summed E-state index contributed by atoms with van der Waals surface area (Å²) in [4.78, 5) is 0.909. The Hall–Kier alpha value is 0.390. The van der Waals surface area contributed by atoms with Crippen molar-refractivity contribution in [2.75, 3.05) is 0 Å². The smallest absolute Gasteiger partial charge is 0.142 e. The van der Waals surface area contributed by atoms with Crippen molar-refractivity contribution in [1.82, 2.24) is 0 Å². The van der Waals surface area contributed by atoms with Crippen LogP contribution in [0.5, 0.6) is 0 Å². The fraction of sp³-hybridized carbons (Fsp3) is 0.0909. The predicted octanol–water partition coefficient (Wildman–Crippen LogP) is 6.44. The van der Waals surface area contributed by atoms with E-state index in [0.717, 1.165) is 14.2 Å². The van der Waals surface area contributed by atoms with Crippen LogP contribution in [0.3, 0.4) is 0 Å². The van der Waals surface area contributed by atoms with Crippen molar-refractivity contribution >= 4 is 66.4 Å². The van der Waals surface area contributed by atoms with E-state index in [0.29, 0.717) is 5.02 Å². The van der Waals surface area contributed by atoms with Crippen LogP contribution in [0.4, 0.5) is 4.39 Å². The van der Waals surface area contributed by atoms with Crippen LogP contribution < -0.4 is 0 Å². The molecule has 0 fully saturated rings. The van der Waals surface area contributed by atoms with Crippen molar-refractivity contribution in [3.63, 3.8) is 0 Å². The van der Waals surface area contributed by atoms with Crippen LogP contribution >= 0.6 is 66.4 Å². The third-order valence-electron chi connectivity index (χ3n) is 2.15. The summed E-state index contributed by atoms with van der Waals surface area (Å²) < 4.78 is 14.2. The number of hydrogen-bond acceptors (Lipinski definition) is 1. The van der Waals surface area contributed by atoms with Crippen LogP contribution in [0.25, 0.3) is 0 Å². The molecule has 1 aromatic carbocycles. The molecule has 0 saturated carbocycles. The van der Waals surface area contributed by atoms with Gasteiger partial charge in [-0.15, -0.1) is 11.3 Å². The van der Waals surface area contributed by atoms with E-state index < -0.39 is 5.82 Å². The van der Waals surface area contributed by atoms with Crippen molar-refractivity contribution < 1.29 is 4.39 Å². The van der Waals surface area contributed by atoms with Crippen LogP contribution in [0.2, 0.25) is 10.0 Å². The zero-order valence-corrected chi connectivity index (χ0v) is 13.7. The molecule has 0 saturated heterocycles. The zero-order valence-electron chi connectivity index (χ0n) is 8.18. The normalized spacial score (nSPS) is 12.8. The molecule has 0 bridgehead atoms. The Labute approximate surface area is 129 Å². The molecule has 90 valence electrons. The monoisotopic (exact) mass is 416 g/mol. The maximum Gasteiger partial charge on any atom is 0.142 e. The van der Waals surface area contributed by atoms with Crippen LogP contribution in [0.1, 0.15) is 15.3 Å². The number of rotatable bonds is 2. The number of benzene rings is 1. The van der Waals surface area contributed by atoms with Crippen LogP contribution in [0.15, 0.2) is 28.1 Å². The van der Waals surface area contributed by atoms with E-state index in [1.165, 1.54) is 17.4 Å². The molecule has 0 spiro atoms. The van der Waals surface area contributed by atoms with E-state index in [9.17, 15) is 4.39 Å². The second-order valence-electron chi connectivity index (χ2n) is 3.31. The molecule has 2 aromatic rings. The number of alkyl halides is 1. The van der Waals surface area contributed by atoms with Gasteiger partial charge in [0.25, 0.3) is 0 Å². The standard InChI is InChI=1S/C11H5Br2Cl2FS/c12-10(9-4-7(15)11(13)17-9)5-1-2-6(14)8(16)3-5/h1-4,10H. The molecule has 0 nitrogen and oxygen atoms in total. The van der Waals surface area contributed by atoms with Gasteiger partial charge < -0.3 is 0 Å². The van der Waals surface area contributed by atoms with Crippen molar-refractivity contribution in [2.45, 2.75) is 4.83 Å². The van der Waals surface area contributed by atoms with E-state index in [-0.39, 0.29) is 9.85 Å². The van der Waals surface area contributed by atoms with E-state index in [1.54, 1.807) is 12.1 Å². The summed E-state index contributed by atoms with van der Waals surface area (Å²) in [5.74, 6) is -0.421. The van der Waals surface area contributed by atoms with Gasteiger partial charge in [-0.2, -0.15) is 0 Å². The van der Waals surface area contributed by atoms with Gasteiger partial charge in [0.05, 0.1) is 18.7 Å². The van der Waals surface area contributed by atoms with Crippen LogP contribution in [-0.4, -0.2) is 0 Å². The molecule has 0 N–H and O–H groups in total. The van der Waals surface area contributed by atoms with Crippen molar-refractivity contribution in [1.29, 1.82) is 0 Å². The first-order valence-corrected chi connectivity index (χ1v) is 7.81. The van der Waals surface area contributed by atoms with Gasteiger partial charge >= 0.3 is 0 Å². The molecule has 1 unspecified atom stereocenters. The average Bonchev–Trinajstić information content (AvgIpc) is 2.62. The van der Waals surface area contributed by atoms with Gasteiger partial charge in [0, 0.05) is 4.88 Å². The molecule has 1 aromatic heterocycles. The Morgan fingerprint density at radius 3 is 2.41 bits per heavy atom. The molecule has 0 amide bonds. The molecule has 0 aliphatic carbocycles. The second-order valence-corrected chi connectivity index (χ2v) is 7.44. The highest BCUT2D eigenvalue weighted by molar-refractivity contribution is 9.11. The quantitative estimate of drug-likeness (QED) is 0.492. The lowest BCUT2D eigenvalue weighted by Crippen LogP contribution is -1.91. The Balaban J connectivity index is 2.36. The van der Waals surface area contributed by atoms with Crippen molar-refractivity contribution in [3.05, 3.63) is 54.4 Å².